The van der Waals surface area contributed by atoms with Gasteiger partial charge in [0.2, 0.25) is 5.91 Å². The minimum absolute atomic E-state index is 0.00446. The van der Waals surface area contributed by atoms with E-state index in [9.17, 15) is 14.0 Å². The number of carbonyl (C=O) groups excluding carboxylic acids is 1. The monoisotopic (exact) mass is 267 g/mol. The molecule has 1 aliphatic heterocycles. The van der Waals surface area contributed by atoms with Gasteiger partial charge in [0.05, 0.1) is 19.6 Å². The second-order valence-electron chi connectivity index (χ2n) is 4.32. The van der Waals surface area contributed by atoms with Gasteiger partial charge in [0.25, 0.3) is 0 Å². The Morgan fingerprint density at radius 3 is 2.68 bits per heavy atom. The Kier molecular flexibility index (Phi) is 4.11. The summed E-state index contributed by atoms with van der Waals surface area (Å²) in [7, 11) is 0. The first-order valence-corrected chi connectivity index (χ1v) is 5.92. The van der Waals surface area contributed by atoms with Gasteiger partial charge in [0.1, 0.15) is 5.82 Å². The highest BCUT2D eigenvalue weighted by Crippen LogP contribution is 2.11. The first kappa shape index (κ1) is 13.5. The van der Waals surface area contributed by atoms with Crippen LogP contribution in [-0.2, 0) is 20.7 Å². The van der Waals surface area contributed by atoms with E-state index in [1.54, 1.807) is 0 Å². The highest BCUT2D eigenvalue weighted by Gasteiger charge is 2.32. The Balaban J connectivity index is 2.05. The van der Waals surface area contributed by atoms with Gasteiger partial charge in [-0.3, -0.25) is 4.79 Å². The molecule has 2 rings (SSSR count). The fourth-order valence-electron chi connectivity index (χ4n) is 1.99. The first-order chi connectivity index (χ1) is 9.08. The zero-order chi connectivity index (χ0) is 13.8. The van der Waals surface area contributed by atoms with Crippen molar-refractivity contribution >= 4 is 11.9 Å². The molecule has 1 fully saturated rings. The van der Waals surface area contributed by atoms with Crippen LogP contribution in [0.1, 0.15) is 5.56 Å². The van der Waals surface area contributed by atoms with Crippen LogP contribution in [-0.4, -0.2) is 47.7 Å². The van der Waals surface area contributed by atoms with E-state index in [1.165, 1.54) is 29.2 Å². The molecular formula is C13H14FNO4. The van der Waals surface area contributed by atoms with E-state index in [-0.39, 0.29) is 31.3 Å². The maximum absolute atomic E-state index is 12.8. The Bertz CT molecular complexity index is 474. The Morgan fingerprint density at radius 1 is 1.37 bits per heavy atom. The molecule has 5 nitrogen and oxygen atoms in total. The standard InChI is InChI=1S/C13H14FNO4/c14-10-3-1-9(2-4-10)7-12(16)15-5-6-19-8-11(15)13(17)18/h1-4,11H,5-8H2,(H,17,18). The topological polar surface area (TPSA) is 66.8 Å². The number of hydrogen-bond donors (Lipinski definition) is 1. The number of amides is 1. The van der Waals surface area contributed by atoms with Crippen LogP contribution in [0.15, 0.2) is 24.3 Å². The third-order valence-electron chi connectivity index (χ3n) is 3.00. The molecule has 6 heteroatoms. The molecule has 0 saturated carbocycles. The minimum Gasteiger partial charge on any atom is -0.480 e. The summed E-state index contributed by atoms with van der Waals surface area (Å²) in [6.45, 7) is 0.598. The van der Waals surface area contributed by atoms with Crippen LogP contribution in [0.3, 0.4) is 0 Å². The maximum atomic E-state index is 12.8. The normalized spacial score (nSPS) is 19.2. The Hall–Kier alpha value is -1.95. The van der Waals surface area contributed by atoms with Crippen LogP contribution in [0.2, 0.25) is 0 Å². The molecular weight excluding hydrogens is 253 g/mol. The number of hydrogen-bond acceptors (Lipinski definition) is 3. The van der Waals surface area contributed by atoms with Crippen LogP contribution < -0.4 is 0 Å². The number of benzene rings is 1. The molecule has 1 N–H and O–H groups in total. The summed E-state index contributed by atoms with van der Waals surface area (Å²) in [6, 6.07) is 4.64. The summed E-state index contributed by atoms with van der Waals surface area (Å²) in [5, 5.41) is 9.04. The summed E-state index contributed by atoms with van der Waals surface area (Å²) in [6.07, 6.45) is 0.0596. The number of nitrogens with zero attached hydrogens (tertiary/aromatic N) is 1. The quantitative estimate of drug-likeness (QED) is 0.874. The summed E-state index contributed by atoms with van der Waals surface area (Å²) < 4.78 is 17.8. The Labute approximate surface area is 109 Å². The smallest absolute Gasteiger partial charge is 0.328 e. The van der Waals surface area contributed by atoms with E-state index in [2.05, 4.69) is 0 Å². The third-order valence-corrected chi connectivity index (χ3v) is 3.00. The van der Waals surface area contributed by atoms with Crippen LogP contribution >= 0.6 is 0 Å². The lowest BCUT2D eigenvalue weighted by molar-refractivity contribution is -0.158. The maximum Gasteiger partial charge on any atom is 0.328 e. The lowest BCUT2D eigenvalue weighted by Gasteiger charge is -2.32. The molecule has 0 aromatic heterocycles. The first-order valence-electron chi connectivity index (χ1n) is 5.92. The molecule has 1 atom stereocenters. The highest BCUT2D eigenvalue weighted by molar-refractivity contribution is 5.85. The molecule has 1 aromatic rings. The van der Waals surface area contributed by atoms with Crippen molar-refractivity contribution in [3.05, 3.63) is 35.6 Å². The van der Waals surface area contributed by atoms with E-state index in [1.807, 2.05) is 0 Å². The van der Waals surface area contributed by atoms with Crippen molar-refractivity contribution in [1.29, 1.82) is 0 Å². The van der Waals surface area contributed by atoms with Crippen LogP contribution in [0.4, 0.5) is 4.39 Å². The van der Waals surface area contributed by atoms with Crippen molar-refractivity contribution in [1.82, 2.24) is 4.90 Å². The van der Waals surface area contributed by atoms with E-state index in [0.29, 0.717) is 12.2 Å². The van der Waals surface area contributed by atoms with E-state index in [0.717, 1.165) is 0 Å². The predicted octanol–water partition coefficient (Wildman–Crippen LogP) is 0.680. The van der Waals surface area contributed by atoms with Crippen molar-refractivity contribution in [2.24, 2.45) is 0 Å². The average molecular weight is 267 g/mol. The van der Waals surface area contributed by atoms with Gasteiger partial charge in [-0.25, -0.2) is 9.18 Å². The molecule has 1 saturated heterocycles. The van der Waals surface area contributed by atoms with Gasteiger partial charge >= 0.3 is 5.97 Å². The lowest BCUT2D eigenvalue weighted by Crippen LogP contribution is -2.53. The second-order valence-corrected chi connectivity index (χ2v) is 4.32. The van der Waals surface area contributed by atoms with Crippen LogP contribution in [0.25, 0.3) is 0 Å². The van der Waals surface area contributed by atoms with Gasteiger partial charge in [-0.05, 0) is 17.7 Å². The average Bonchev–Trinajstić information content (AvgIpc) is 2.41. The number of carboxylic acids is 1. The number of aliphatic carboxylic acids is 1. The number of carbonyl (C=O) groups is 2. The van der Waals surface area contributed by atoms with Crippen molar-refractivity contribution in [2.75, 3.05) is 19.8 Å². The largest absolute Gasteiger partial charge is 0.480 e. The number of ether oxygens (including phenoxy) is 1. The molecule has 1 aliphatic rings. The summed E-state index contributed by atoms with van der Waals surface area (Å²) in [5.74, 6) is -1.74. The van der Waals surface area contributed by atoms with Gasteiger partial charge in [-0.15, -0.1) is 0 Å². The zero-order valence-corrected chi connectivity index (χ0v) is 10.2. The summed E-state index contributed by atoms with van der Waals surface area (Å²) in [5.41, 5.74) is 0.655. The van der Waals surface area contributed by atoms with Gasteiger partial charge in [0, 0.05) is 6.54 Å². The molecule has 102 valence electrons. The van der Waals surface area contributed by atoms with Crippen molar-refractivity contribution in [2.45, 2.75) is 12.5 Å². The van der Waals surface area contributed by atoms with Gasteiger partial charge < -0.3 is 14.7 Å². The number of carboxylic acid groups (broad SMARTS) is 1. The molecule has 0 radical (unpaired) electrons. The highest BCUT2D eigenvalue weighted by atomic mass is 19.1. The molecule has 0 bridgehead atoms. The fraction of sp³-hybridized carbons (Fsp3) is 0.385. The molecule has 19 heavy (non-hydrogen) atoms. The lowest BCUT2D eigenvalue weighted by atomic mass is 10.1. The van der Waals surface area contributed by atoms with Gasteiger partial charge in [-0.2, -0.15) is 0 Å². The summed E-state index contributed by atoms with van der Waals surface area (Å²) in [4.78, 5) is 24.4. The number of halogens is 1. The number of morpholine rings is 1. The molecule has 1 unspecified atom stereocenters. The number of rotatable bonds is 3. The third kappa shape index (κ3) is 3.29. The van der Waals surface area contributed by atoms with E-state index in [4.69, 9.17) is 9.84 Å². The van der Waals surface area contributed by atoms with E-state index < -0.39 is 12.0 Å². The van der Waals surface area contributed by atoms with E-state index >= 15 is 0 Å². The Morgan fingerprint density at radius 2 is 2.05 bits per heavy atom. The van der Waals surface area contributed by atoms with Crippen molar-refractivity contribution in [3.8, 4) is 0 Å². The van der Waals surface area contributed by atoms with Gasteiger partial charge in [0.15, 0.2) is 6.04 Å². The predicted molar refractivity (Wildman–Crippen MR) is 64.1 cm³/mol. The zero-order valence-electron chi connectivity index (χ0n) is 10.2. The molecule has 1 aromatic carbocycles. The fourth-order valence-corrected chi connectivity index (χ4v) is 1.99. The second kappa shape index (κ2) is 5.79. The molecule has 1 amide bonds. The van der Waals surface area contributed by atoms with Crippen LogP contribution in [0.5, 0.6) is 0 Å². The van der Waals surface area contributed by atoms with Gasteiger partial charge in [-0.1, -0.05) is 12.1 Å². The van der Waals surface area contributed by atoms with Crippen molar-refractivity contribution in [3.63, 3.8) is 0 Å². The van der Waals surface area contributed by atoms with Crippen molar-refractivity contribution < 1.29 is 23.8 Å². The summed E-state index contributed by atoms with van der Waals surface area (Å²) >= 11 is 0. The molecule has 0 spiro atoms. The SMILES string of the molecule is O=C(O)C1COCCN1C(=O)Cc1ccc(F)cc1. The molecule has 0 aliphatic carbocycles. The van der Waals surface area contributed by atoms with Crippen LogP contribution in [0, 0.1) is 5.82 Å². The minimum atomic E-state index is -1.08. The molecule has 1 heterocycles.